The molecule has 19 heavy (non-hydrogen) atoms. The summed E-state index contributed by atoms with van der Waals surface area (Å²) in [4.78, 5) is 0. The van der Waals surface area contributed by atoms with E-state index >= 15 is 0 Å². The number of hydrogen-bond acceptors (Lipinski definition) is 2. The van der Waals surface area contributed by atoms with Gasteiger partial charge in [-0.15, -0.1) is 0 Å². The maximum absolute atomic E-state index is 6.06. The lowest BCUT2D eigenvalue weighted by Crippen LogP contribution is -2.22. The van der Waals surface area contributed by atoms with Crippen molar-refractivity contribution in [3.05, 3.63) is 40.0 Å². The Morgan fingerprint density at radius 3 is 2.42 bits per heavy atom. The minimum Gasteiger partial charge on any atom is -0.326 e. The van der Waals surface area contributed by atoms with Crippen molar-refractivity contribution in [2.24, 2.45) is 5.73 Å². The number of nitrogens with two attached hydrogens (primary N) is 1. The smallest absolute Gasteiger partial charge is 0.0968 e. The summed E-state index contributed by atoms with van der Waals surface area (Å²) in [6, 6.07) is 5.50. The predicted octanol–water partition coefficient (Wildman–Crippen LogP) is 4.07. The number of nitrogens with zero attached hydrogens (tertiary/aromatic N) is 2. The minimum absolute atomic E-state index is 0.0849. The van der Waals surface area contributed by atoms with E-state index in [0.29, 0.717) is 16.6 Å². The van der Waals surface area contributed by atoms with Crippen molar-refractivity contribution < 1.29 is 0 Å². The number of halogens is 2. The van der Waals surface area contributed by atoms with Gasteiger partial charge in [0.1, 0.15) is 0 Å². The van der Waals surface area contributed by atoms with Gasteiger partial charge < -0.3 is 5.73 Å². The molecule has 0 radical (unpaired) electrons. The normalized spacial score (nSPS) is 11.9. The summed E-state index contributed by atoms with van der Waals surface area (Å²) in [6.07, 6.45) is 1.98. The molecule has 5 heteroatoms. The molecule has 0 unspecified atom stereocenters. The van der Waals surface area contributed by atoms with Crippen LogP contribution in [0.3, 0.4) is 0 Å². The van der Waals surface area contributed by atoms with Crippen LogP contribution in [0.2, 0.25) is 10.0 Å². The topological polar surface area (TPSA) is 43.8 Å². The second-order valence-electron chi connectivity index (χ2n) is 5.45. The van der Waals surface area contributed by atoms with E-state index in [-0.39, 0.29) is 5.54 Å². The third kappa shape index (κ3) is 2.94. The number of aromatic nitrogens is 2. The highest BCUT2D eigenvalue weighted by Gasteiger charge is 2.18. The van der Waals surface area contributed by atoms with Gasteiger partial charge in [-0.3, -0.25) is 4.68 Å². The molecule has 0 aliphatic carbocycles. The van der Waals surface area contributed by atoms with Gasteiger partial charge in [0, 0.05) is 23.9 Å². The predicted molar refractivity (Wildman–Crippen MR) is 80.6 cm³/mol. The van der Waals surface area contributed by atoms with Gasteiger partial charge in [-0.25, -0.2) is 0 Å². The van der Waals surface area contributed by atoms with Crippen LogP contribution in [0.5, 0.6) is 0 Å². The monoisotopic (exact) mass is 297 g/mol. The largest absolute Gasteiger partial charge is 0.326 e. The van der Waals surface area contributed by atoms with Crippen LogP contribution in [0.25, 0.3) is 11.3 Å². The van der Waals surface area contributed by atoms with E-state index < -0.39 is 0 Å². The van der Waals surface area contributed by atoms with Crippen molar-refractivity contribution in [2.45, 2.75) is 32.9 Å². The lowest BCUT2D eigenvalue weighted by molar-refractivity contribution is 0.356. The van der Waals surface area contributed by atoms with Gasteiger partial charge in [-0.05, 0) is 32.9 Å². The molecule has 1 heterocycles. The Kier molecular flexibility index (Phi) is 3.90. The molecule has 3 nitrogen and oxygen atoms in total. The standard InChI is InChI=1S/C14H17Cl2N3/c1-14(2,3)19-8-10(7-17)13(18-19)9-4-5-11(15)12(16)6-9/h4-6,8H,7,17H2,1-3H3. The minimum atomic E-state index is -0.0849. The number of hydrogen-bond donors (Lipinski definition) is 1. The van der Waals surface area contributed by atoms with Crippen molar-refractivity contribution in [3.8, 4) is 11.3 Å². The second kappa shape index (κ2) is 5.16. The van der Waals surface area contributed by atoms with E-state index in [0.717, 1.165) is 16.8 Å². The summed E-state index contributed by atoms with van der Waals surface area (Å²) in [6.45, 7) is 6.72. The molecule has 2 N–H and O–H groups in total. The molecule has 2 rings (SSSR count). The average Bonchev–Trinajstić information content (AvgIpc) is 2.76. The van der Waals surface area contributed by atoms with Gasteiger partial charge >= 0.3 is 0 Å². The lowest BCUT2D eigenvalue weighted by Gasteiger charge is -2.18. The molecule has 2 aromatic rings. The number of benzene rings is 1. The molecule has 0 fully saturated rings. The Morgan fingerprint density at radius 2 is 1.89 bits per heavy atom. The Hall–Kier alpha value is -1.03. The van der Waals surface area contributed by atoms with Crippen LogP contribution in [0.4, 0.5) is 0 Å². The molecule has 0 spiro atoms. The summed E-state index contributed by atoms with van der Waals surface area (Å²) < 4.78 is 1.92. The van der Waals surface area contributed by atoms with Crippen LogP contribution in [-0.2, 0) is 12.1 Å². The summed E-state index contributed by atoms with van der Waals surface area (Å²) >= 11 is 12.0. The Bertz CT molecular complexity index is 597. The highest BCUT2D eigenvalue weighted by atomic mass is 35.5. The molecular weight excluding hydrogens is 281 g/mol. The summed E-state index contributed by atoms with van der Waals surface area (Å²) in [5.74, 6) is 0. The molecule has 0 saturated carbocycles. The average molecular weight is 298 g/mol. The van der Waals surface area contributed by atoms with Crippen LogP contribution < -0.4 is 5.73 Å². The van der Waals surface area contributed by atoms with Crippen molar-refractivity contribution in [1.82, 2.24) is 9.78 Å². The molecule has 1 aromatic heterocycles. The molecule has 102 valence electrons. The van der Waals surface area contributed by atoms with E-state index in [1.54, 1.807) is 6.07 Å². The zero-order valence-corrected chi connectivity index (χ0v) is 12.8. The van der Waals surface area contributed by atoms with Crippen LogP contribution in [0.1, 0.15) is 26.3 Å². The first kappa shape index (κ1) is 14.4. The zero-order valence-electron chi connectivity index (χ0n) is 11.2. The molecule has 0 aliphatic heterocycles. The fraction of sp³-hybridized carbons (Fsp3) is 0.357. The first-order valence-electron chi connectivity index (χ1n) is 6.07. The van der Waals surface area contributed by atoms with E-state index in [9.17, 15) is 0 Å². The summed E-state index contributed by atoms with van der Waals surface area (Å²) in [7, 11) is 0. The van der Waals surface area contributed by atoms with Gasteiger partial charge in [0.15, 0.2) is 0 Å². The molecule has 0 atom stereocenters. The van der Waals surface area contributed by atoms with E-state index in [1.807, 2.05) is 23.0 Å². The Labute approximate surface area is 123 Å². The van der Waals surface area contributed by atoms with Crippen LogP contribution in [0.15, 0.2) is 24.4 Å². The van der Waals surface area contributed by atoms with E-state index in [2.05, 4.69) is 25.9 Å². The molecule has 0 aliphatic rings. The lowest BCUT2D eigenvalue weighted by atomic mass is 10.1. The molecule has 0 saturated heterocycles. The maximum atomic E-state index is 6.06. The first-order valence-corrected chi connectivity index (χ1v) is 6.83. The summed E-state index contributed by atoms with van der Waals surface area (Å²) in [5.41, 5.74) is 8.50. The number of rotatable bonds is 2. The van der Waals surface area contributed by atoms with E-state index in [1.165, 1.54) is 0 Å². The maximum Gasteiger partial charge on any atom is 0.0968 e. The first-order chi connectivity index (χ1) is 8.82. The second-order valence-corrected chi connectivity index (χ2v) is 6.27. The van der Waals surface area contributed by atoms with Gasteiger partial charge in [0.05, 0.1) is 21.3 Å². The Balaban J connectivity index is 2.54. The van der Waals surface area contributed by atoms with Crippen LogP contribution in [0, 0.1) is 0 Å². The highest BCUT2D eigenvalue weighted by molar-refractivity contribution is 6.42. The summed E-state index contributed by atoms with van der Waals surface area (Å²) in [5, 5.41) is 5.69. The molecule has 0 bridgehead atoms. The van der Waals surface area contributed by atoms with Crippen LogP contribution >= 0.6 is 23.2 Å². The van der Waals surface area contributed by atoms with Gasteiger partial charge in [-0.1, -0.05) is 29.3 Å². The van der Waals surface area contributed by atoms with Crippen molar-refractivity contribution in [2.75, 3.05) is 0 Å². The molecular formula is C14H17Cl2N3. The highest BCUT2D eigenvalue weighted by Crippen LogP contribution is 2.30. The van der Waals surface area contributed by atoms with E-state index in [4.69, 9.17) is 28.9 Å². The molecule has 1 aromatic carbocycles. The van der Waals surface area contributed by atoms with Crippen molar-refractivity contribution >= 4 is 23.2 Å². The van der Waals surface area contributed by atoms with Crippen molar-refractivity contribution in [3.63, 3.8) is 0 Å². The quantitative estimate of drug-likeness (QED) is 0.908. The third-order valence-corrected chi connectivity index (χ3v) is 3.63. The van der Waals surface area contributed by atoms with Crippen molar-refractivity contribution in [1.29, 1.82) is 0 Å². The fourth-order valence-electron chi connectivity index (χ4n) is 1.79. The Morgan fingerprint density at radius 1 is 1.21 bits per heavy atom. The molecule has 0 amide bonds. The van der Waals surface area contributed by atoms with Gasteiger partial charge in [0.25, 0.3) is 0 Å². The SMILES string of the molecule is CC(C)(C)n1cc(CN)c(-c2ccc(Cl)c(Cl)c2)n1. The zero-order chi connectivity index (χ0) is 14.2. The van der Waals surface area contributed by atoms with Crippen LogP contribution in [-0.4, -0.2) is 9.78 Å². The van der Waals surface area contributed by atoms with Gasteiger partial charge in [0.2, 0.25) is 0 Å². The fourth-order valence-corrected chi connectivity index (χ4v) is 2.09. The van der Waals surface area contributed by atoms with Gasteiger partial charge in [-0.2, -0.15) is 5.10 Å². The third-order valence-electron chi connectivity index (χ3n) is 2.89.